The minimum Gasteiger partial charge on any atom is -0.319 e. The van der Waals surface area contributed by atoms with Crippen LogP contribution in [0.25, 0.3) is 0 Å². The normalized spacial score (nSPS) is 28.8. The van der Waals surface area contributed by atoms with E-state index in [-0.39, 0.29) is 5.56 Å². The fourth-order valence-corrected chi connectivity index (χ4v) is 2.72. The number of fused-ring (bicyclic) bond motifs is 2. The molecule has 2 aliphatic heterocycles. The van der Waals surface area contributed by atoms with Gasteiger partial charge in [-0.2, -0.15) is 0 Å². The molecule has 2 saturated heterocycles. The second kappa shape index (κ2) is 3.71. The molecule has 2 atom stereocenters. The van der Waals surface area contributed by atoms with Crippen molar-refractivity contribution in [2.75, 3.05) is 13.1 Å². The van der Waals surface area contributed by atoms with Crippen LogP contribution < -0.4 is 10.9 Å². The van der Waals surface area contributed by atoms with Crippen molar-refractivity contribution in [1.29, 1.82) is 0 Å². The molecule has 3 heterocycles. The van der Waals surface area contributed by atoms with Crippen LogP contribution in [0.5, 0.6) is 0 Å². The molecule has 0 radical (unpaired) electrons. The zero-order chi connectivity index (χ0) is 11.1. The summed E-state index contributed by atoms with van der Waals surface area (Å²) >= 11 is 0. The van der Waals surface area contributed by atoms with Gasteiger partial charge in [-0.3, -0.25) is 9.69 Å². The molecule has 0 amide bonds. The van der Waals surface area contributed by atoms with Crippen LogP contribution in [0.4, 0.5) is 0 Å². The maximum atomic E-state index is 11.5. The van der Waals surface area contributed by atoms with E-state index in [1.165, 1.54) is 6.42 Å². The summed E-state index contributed by atoms with van der Waals surface area (Å²) in [5.41, 5.74) is 1.22. The molecule has 0 aromatic carbocycles. The Hall–Kier alpha value is -1.13. The first kappa shape index (κ1) is 10.1. The number of aromatic nitrogens is 1. The topological polar surface area (TPSA) is 37.3 Å². The molecule has 4 heteroatoms. The average molecular weight is 219 g/mol. The smallest absolute Gasteiger partial charge is 0.250 e. The van der Waals surface area contributed by atoms with Gasteiger partial charge >= 0.3 is 0 Å². The Bertz CT molecular complexity index is 440. The summed E-state index contributed by atoms with van der Waals surface area (Å²) in [5.74, 6) is 0. The van der Waals surface area contributed by atoms with Crippen LogP contribution in [0, 0.1) is 0 Å². The number of hydrogen-bond donors (Lipinski definition) is 1. The lowest BCUT2D eigenvalue weighted by atomic mass is 9.88. The third-order valence-corrected chi connectivity index (χ3v) is 3.78. The molecule has 2 aliphatic rings. The second-order valence-corrected chi connectivity index (χ2v) is 4.86. The van der Waals surface area contributed by atoms with Crippen molar-refractivity contribution < 1.29 is 0 Å². The monoisotopic (exact) mass is 219 g/mol. The zero-order valence-electron chi connectivity index (χ0n) is 9.52. The van der Waals surface area contributed by atoms with Gasteiger partial charge in [-0.05, 0) is 18.1 Å². The highest BCUT2D eigenvalue weighted by atomic mass is 16.1. The number of piperazine rings is 1. The fraction of sp³-hybridized carbons (Fsp3) is 0.583. The lowest BCUT2D eigenvalue weighted by Crippen LogP contribution is -2.67. The van der Waals surface area contributed by atoms with Gasteiger partial charge < -0.3 is 9.88 Å². The summed E-state index contributed by atoms with van der Waals surface area (Å²) in [6.45, 7) is 3.12. The summed E-state index contributed by atoms with van der Waals surface area (Å²) in [7, 11) is 1.79. The lowest BCUT2D eigenvalue weighted by molar-refractivity contribution is -0.0207. The molecule has 3 rings (SSSR count). The first-order valence-electron chi connectivity index (χ1n) is 5.86. The number of aryl methyl sites for hydroxylation is 1. The van der Waals surface area contributed by atoms with Crippen molar-refractivity contribution in [1.82, 2.24) is 14.8 Å². The highest BCUT2D eigenvalue weighted by Crippen LogP contribution is 2.29. The van der Waals surface area contributed by atoms with Gasteiger partial charge in [0.25, 0.3) is 5.56 Å². The Labute approximate surface area is 94.9 Å². The van der Waals surface area contributed by atoms with Crippen molar-refractivity contribution in [2.45, 2.75) is 25.0 Å². The van der Waals surface area contributed by atoms with Gasteiger partial charge in [-0.25, -0.2) is 0 Å². The van der Waals surface area contributed by atoms with E-state index in [0.29, 0.717) is 12.1 Å². The Balaban J connectivity index is 1.75. The molecule has 1 N–H and O–H groups in total. The number of rotatable bonds is 2. The van der Waals surface area contributed by atoms with E-state index in [4.69, 9.17) is 0 Å². The van der Waals surface area contributed by atoms with Gasteiger partial charge in [0.2, 0.25) is 0 Å². The molecule has 0 saturated carbocycles. The molecule has 86 valence electrons. The average Bonchev–Trinajstić information content (AvgIpc) is 2.31. The van der Waals surface area contributed by atoms with Crippen LogP contribution in [0.1, 0.15) is 12.0 Å². The van der Waals surface area contributed by atoms with Gasteiger partial charge in [0.1, 0.15) is 0 Å². The SMILES string of the molecule is Cn1ccc(CN2C3CNCC2C3)cc1=O. The van der Waals surface area contributed by atoms with E-state index in [9.17, 15) is 4.79 Å². The molecular formula is C12H17N3O. The van der Waals surface area contributed by atoms with Gasteiger partial charge in [-0.1, -0.05) is 0 Å². The molecule has 0 aliphatic carbocycles. The first-order chi connectivity index (χ1) is 7.74. The van der Waals surface area contributed by atoms with E-state index < -0.39 is 0 Å². The Morgan fingerprint density at radius 2 is 2.19 bits per heavy atom. The standard InChI is InChI=1S/C12H17N3O/c1-14-3-2-9(4-12(14)16)8-15-10-5-11(15)7-13-6-10/h2-4,10-11,13H,5-8H2,1H3. The molecule has 0 spiro atoms. The minimum absolute atomic E-state index is 0.0845. The Morgan fingerprint density at radius 1 is 1.44 bits per heavy atom. The third-order valence-electron chi connectivity index (χ3n) is 3.78. The van der Waals surface area contributed by atoms with Crippen LogP contribution in [-0.2, 0) is 13.6 Å². The van der Waals surface area contributed by atoms with E-state index in [0.717, 1.165) is 25.2 Å². The summed E-state index contributed by atoms with van der Waals surface area (Å²) < 4.78 is 1.61. The van der Waals surface area contributed by atoms with Crippen molar-refractivity contribution in [3.8, 4) is 0 Å². The molecule has 1 aromatic heterocycles. The van der Waals surface area contributed by atoms with E-state index >= 15 is 0 Å². The maximum absolute atomic E-state index is 11.5. The molecule has 16 heavy (non-hydrogen) atoms. The third kappa shape index (κ3) is 1.58. The van der Waals surface area contributed by atoms with Gasteiger partial charge in [0.05, 0.1) is 0 Å². The van der Waals surface area contributed by atoms with Crippen LogP contribution in [0.15, 0.2) is 23.1 Å². The summed E-state index contributed by atoms with van der Waals surface area (Å²) in [4.78, 5) is 14.0. The van der Waals surface area contributed by atoms with E-state index in [1.807, 2.05) is 12.3 Å². The van der Waals surface area contributed by atoms with Gasteiger partial charge in [-0.15, -0.1) is 0 Å². The first-order valence-corrected chi connectivity index (χ1v) is 5.86. The van der Waals surface area contributed by atoms with Gasteiger partial charge in [0, 0.05) is 51.0 Å². The summed E-state index contributed by atoms with van der Waals surface area (Å²) in [6, 6.07) is 5.16. The number of piperidine rings is 1. The quantitative estimate of drug-likeness (QED) is 0.756. The number of nitrogens with zero attached hydrogens (tertiary/aromatic N) is 2. The molecular weight excluding hydrogens is 202 g/mol. The molecule has 2 fully saturated rings. The fourth-order valence-electron chi connectivity index (χ4n) is 2.72. The van der Waals surface area contributed by atoms with Crippen LogP contribution in [0.2, 0.25) is 0 Å². The number of nitrogens with one attached hydrogen (secondary N) is 1. The Kier molecular flexibility index (Phi) is 2.33. The van der Waals surface area contributed by atoms with E-state index in [1.54, 1.807) is 17.7 Å². The van der Waals surface area contributed by atoms with Gasteiger partial charge in [0.15, 0.2) is 0 Å². The molecule has 4 nitrogen and oxygen atoms in total. The predicted octanol–water partition coefficient (Wildman–Crippen LogP) is -0.0686. The second-order valence-electron chi connectivity index (χ2n) is 4.86. The maximum Gasteiger partial charge on any atom is 0.250 e. The van der Waals surface area contributed by atoms with E-state index in [2.05, 4.69) is 10.2 Å². The van der Waals surface area contributed by atoms with Crippen molar-refractivity contribution in [2.24, 2.45) is 7.05 Å². The molecule has 2 unspecified atom stereocenters. The van der Waals surface area contributed by atoms with Crippen molar-refractivity contribution in [3.05, 3.63) is 34.2 Å². The van der Waals surface area contributed by atoms with Crippen LogP contribution in [-0.4, -0.2) is 34.6 Å². The van der Waals surface area contributed by atoms with Crippen LogP contribution in [0.3, 0.4) is 0 Å². The van der Waals surface area contributed by atoms with Crippen molar-refractivity contribution >= 4 is 0 Å². The largest absolute Gasteiger partial charge is 0.319 e. The summed E-state index contributed by atoms with van der Waals surface area (Å²) in [6.07, 6.45) is 3.17. The van der Waals surface area contributed by atoms with Crippen LogP contribution >= 0.6 is 0 Å². The summed E-state index contributed by atoms with van der Waals surface area (Å²) in [5, 5.41) is 3.41. The lowest BCUT2D eigenvalue weighted by Gasteiger charge is -2.53. The van der Waals surface area contributed by atoms with Crippen molar-refractivity contribution in [3.63, 3.8) is 0 Å². The minimum atomic E-state index is 0.0845. The zero-order valence-corrected chi connectivity index (χ0v) is 9.52. The molecule has 2 bridgehead atoms. The highest BCUT2D eigenvalue weighted by Gasteiger charge is 2.40. The number of hydrogen-bond acceptors (Lipinski definition) is 3. The predicted molar refractivity (Wildman–Crippen MR) is 62.3 cm³/mol. The molecule has 1 aromatic rings. The highest BCUT2D eigenvalue weighted by molar-refractivity contribution is 5.13. The Morgan fingerprint density at radius 3 is 2.81 bits per heavy atom. The number of pyridine rings is 1.